The Labute approximate surface area is 139 Å². The average molecular weight is 316 g/mol. The van der Waals surface area contributed by atoms with E-state index in [4.69, 9.17) is 0 Å². The summed E-state index contributed by atoms with van der Waals surface area (Å²) in [7, 11) is 2.19. The van der Waals surface area contributed by atoms with Gasteiger partial charge >= 0.3 is 0 Å². The summed E-state index contributed by atoms with van der Waals surface area (Å²) in [6.45, 7) is 20.3. The van der Waals surface area contributed by atoms with Crippen LogP contribution in [0.3, 0.4) is 0 Å². The number of likely N-dealkylation sites (tertiary alicyclic amines) is 1. The van der Waals surface area contributed by atoms with Crippen LogP contribution in [-0.4, -0.2) is 73.0 Å². The van der Waals surface area contributed by atoms with Crippen LogP contribution >= 0.6 is 0 Å². The van der Waals surface area contributed by atoms with Gasteiger partial charge in [-0.1, -0.05) is 41.5 Å². The summed E-state index contributed by atoms with van der Waals surface area (Å²) >= 11 is 0. The lowest BCUT2D eigenvalue weighted by Crippen LogP contribution is -2.52. The van der Waals surface area contributed by atoms with Gasteiger partial charge in [-0.25, -0.2) is 0 Å². The van der Waals surface area contributed by atoms with Crippen molar-refractivity contribution >= 4 is 5.91 Å². The van der Waals surface area contributed by atoms with Crippen molar-refractivity contribution in [3.05, 3.63) is 0 Å². The van der Waals surface area contributed by atoms with Crippen LogP contribution in [0.5, 0.6) is 0 Å². The molecule has 134 valence electrons. The lowest BCUT2D eigenvalue weighted by molar-refractivity contribution is -0.130. The van der Waals surface area contributed by atoms with Gasteiger partial charge in [-0.05, 0) is 19.9 Å². The normalized spacial score (nSPS) is 19.7. The highest BCUT2D eigenvalue weighted by molar-refractivity contribution is 5.73. The number of nitrogens with zero attached hydrogens (tertiary/aromatic N) is 3. The molecule has 0 spiro atoms. The van der Waals surface area contributed by atoms with Crippen LogP contribution in [0.15, 0.2) is 0 Å². The molecule has 2 saturated heterocycles. The number of piperidine rings is 1. The summed E-state index contributed by atoms with van der Waals surface area (Å²) in [5.74, 6) is 0.233. The van der Waals surface area contributed by atoms with Crippen LogP contribution in [0.2, 0.25) is 0 Å². The lowest BCUT2D eigenvalue weighted by atomic mass is 10.0. The van der Waals surface area contributed by atoms with Gasteiger partial charge in [0.25, 0.3) is 0 Å². The molecule has 0 unspecified atom stereocenters. The van der Waals surface area contributed by atoms with Crippen LogP contribution in [0.25, 0.3) is 0 Å². The van der Waals surface area contributed by atoms with Crippen molar-refractivity contribution in [1.29, 1.82) is 0 Å². The number of piperazine rings is 1. The minimum atomic E-state index is 0.233. The van der Waals surface area contributed by atoms with Crippen LogP contribution in [-0.2, 0) is 4.79 Å². The second kappa shape index (κ2) is 15.3. The minimum Gasteiger partial charge on any atom is -0.343 e. The Balaban J connectivity index is 0. The summed E-state index contributed by atoms with van der Waals surface area (Å²) in [6, 6.07) is 0.712. The Morgan fingerprint density at radius 2 is 1.18 bits per heavy atom. The molecule has 1 amide bonds. The maximum absolute atomic E-state index is 11.2. The van der Waals surface area contributed by atoms with Gasteiger partial charge in [0.2, 0.25) is 5.91 Å². The molecule has 4 heteroatoms. The Morgan fingerprint density at radius 1 is 0.773 bits per heavy atom. The van der Waals surface area contributed by atoms with Crippen molar-refractivity contribution in [3.8, 4) is 0 Å². The molecule has 2 aliphatic heterocycles. The lowest BCUT2D eigenvalue weighted by Gasteiger charge is -2.41. The monoisotopic (exact) mass is 315 g/mol. The summed E-state index contributed by atoms with van der Waals surface area (Å²) in [5, 5.41) is 0. The van der Waals surface area contributed by atoms with E-state index in [9.17, 15) is 4.79 Å². The molecule has 2 fully saturated rings. The van der Waals surface area contributed by atoms with Gasteiger partial charge < -0.3 is 9.80 Å². The largest absolute Gasteiger partial charge is 0.343 e. The zero-order valence-electron chi connectivity index (χ0n) is 16.5. The number of amides is 1. The van der Waals surface area contributed by atoms with Crippen molar-refractivity contribution < 1.29 is 4.79 Å². The van der Waals surface area contributed by atoms with Gasteiger partial charge in [0.15, 0.2) is 0 Å². The fraction of sp³-hybridized carbons (Fsp3) is 0.944. The Morgan fingerprint density at radius 3 is 1.55 bits per heavy atom. The summed E-state index contributed by atoms with van der Waals surface area (Å²) in [6.07, 6.45) is 2.31. The maximum atomic E-state index is 11.2. The van der Waals surface area contributed by atoms with Crippen LogP contribution in [0, 0.1) is 0 Å². The molecule has 4 nitrogen and oxygen atoms in total. The topological polar surface area (TPSA) is 26.8 Å². The Hall–Kier alpha value is -0.610. The summed E-state index contributed by atoms with van der Waals surface area (Å²) in [4.78, 5) is 18.2. The Bertz CT molecular complexity index is 243. The molecule has 0 N–H and O–H groups in total. The van der Waals surface area contributed by atoms with E-state index in [1.54, 1.807) is 6.92 Å². The first-order valence-corrected chi connectivity index (χ1v) is 9.35. The highest BCUT2D eigenvalue weighted by atomic mass is 16.2. The maximum Gasteiger partial charge on any atom is 0.219 e. The first kappa shape index (κ1) is 23.7. The smallest absolute Gasteiger partial charge is 0.219 e. The van der Waals surface area contributed by atoms with Crippen LogP contribution < -0.4 is 0 Å². The van der Waals surface area contributed by atoms with Gasteiger partial charge in [0.05, 0.1) is 0 Å². The van der Waals surface area contributed by atoms with E-state index in [1.807, 2.05) is 46.4 Å². The van der Waals surface area contributed by atoms with Crippen LogP contribution in [0.1, 0.15) is 61.3 Å². The van der Waals surface area contributed by atoms with Crippen molar-refractivity contribution in [1.82, 2.24) is 14.7 Å². The molecule has 2 heterocycles. The van der Waals surface area contributed by atoms with Crippen molar-refractivity contribution in [2.24, 2.45) is 0 Å². The summed E-state index contributed by atoms with van der Waals surface area (Å²) < 4.78 is 0. The van der Waals surface area contributed by atoms with E-state index in [1.165, 1.54) is 26.2 Å². The first-order valence-electron chi connectivity index (χ1n) is 9.35. The Kier molecular flexibility index (Phi) is 16.4. The first-order chi connectivity index (χ1) is 10.7. The van der Waals surface area contributed by atoms with Gasteiger partial charge in [0.1, 0.15) is 0 Å². The van der Waals surface area contributed by atoms with Gasteiger partial charge in [0, 0.05) is 52.2 Å². The third-order valence-electron chi connectivity index (χ3n) is 3.96. The van der Waals surface area contributed by atoms with Gasteiger partial charge in [-0.2, -0.15) is 0 Å². The average Bonchev–Trinajstić information content (AvgIpc) is 2.61. The van der Waals surface area contributed by atoms with E-state index in [0.29, 0.717) is 6.04 Å². The number of carbonyl (C=O) groups excluding carboxylic acids is 1. The molecule has 0 aromatic rings. The molecule has 2 aliphatic rings. The van der Waals surface area contributed by atoms with E-state index in [-0.39, 0.29) is 5.91 Å². The molecule has 0 aromatic carbocycles. The van der Waals surface area contributed by atoms with Crippen molar-refractivity contribution in [2.45, 2.75) is 67.3 Å². The van der Waals surface area contributed by atoms with Crippen molar-refractivity contribution in [2.75, 3.05) is 46.3 Å². The predicted octanol–water partition coefficient (Wildman–Crippen LogP) is 3.32. The molecule has 0 bridgehead atoms. The molecule has 0 atom stereocenters. The number of hydrogen-bond acceptors (Lipinski definition) is 3. The quantitative estimate of drug-likeness (QED) is 0.742. The minimum absolute atomic E-state index is 0.233. The molecule has 0 radical (unpaired) electrons. The molecule has 0 saturated carbocycles. The SMILES string of the molecule is CC.CC.CC.CC(=O)N1CCC(N2CCN(C)CC2)CC1. The highest BCUT2D eigenvalue weighted by Gasteiger charge is 2.27. The van der Waals surface area contributed by atoms with E-state index < -0.39 is 0 Å². The third kappa shape index (κ3) is 8.74. The number of carbonyl (C=O) groups is 1. The molecular weight excluding hydrogens is 274 g/mol. The van der Waals surface area contributed by atoms with Crippen molar-refractivity contribution in [3.63, 3.8) is 0 Å². The third-order valence-corrected chi connectivity index (χ3v) is 3.96. The predicted molar refractivity (Wildman–Crippen MR) is 98.4 cm³/mol. The zero-order valence-corrected chi connectivity index (χ0v) is 16.5. The molecule has 0 aliphatic carbocycles. The van der Waals surface area contributed by atoms with E-state index >= 15 is 0 Å². The molecular formula is C18H41N3O. The van der Waals surface area contributed by atoms with Crippen LogP contribution in [0.4, 0.5) is 0 Å². The molecule has 22 heavy (non-hydrogen) atoms. The second-order valence-corrected chi connectivity index (χ2v) is 5.08. The zero-order chi connectivity index (χ0) is 17.5. The molecule has 2 rings (SSSR count). The van der Waals surface area contributed by atoms with Gasteiger partial charge in [-0.3, -0.25) is 9.69 Å². The summed E-state index contributed by atoms with van der Waals surface area (Å²) in [5.41, 5.74) is 0. The van der Waals surface area contributed by atoms with E-state index in [0.717, 1.165) is 25.9 Å². The fourth-order valence-corrected chi connectivity index (χ4v) is 2.73. The molecule has 0 aromatic heterocycles. The number of likely N-dealkylation sites (N-methyl/N-ethyl adjacent to an activating group) is 1. The highest BCUT2D eigenvalue weighted by Crippen LogP contribution is 2.17. The fourth-order valence-electron chi connectivity index (χ4n) is 2.73. The van der Waals surface area contributed by atoms with Gasteiger partial charge in [-0.15, -0.1) is 0 Å². The number of hydrogen-bond donors (Lipinski definition) is 0. The number of rotatable bonds is 1. The van der Waals surface area contributed by atoms with E-state index in [2.05, 4.69) is 16.8 Å². The second-order valence-electron chi connectivity index (χ2n) is 5.08. The standard InChI is InChI=1S/C12H23N3O.3C2H6/c1-11(16)14-5-3-12(4-6-14)15-9-7-13(2)8-10-15;3*1-2/h12H,3-10H2,1-2H3;3*1-2H3.